The standard InChI is InChI=1S/C13H22N2O3S/c1-9-6-11(14)12(7-10(9)2)19(17,18)15(5)13(3,4)8-16/h6-7,16H,8,14H2,1-5H3. The number of sulfonamides is 1. The average molecular weight is 286 g/mol. The fraction of sp³-hybridized carbons (Fsp3) is 0.538. The second-order valence-corrected chi connectivity index (χ2v) is 7.36. The predicted molar refractivity (Wildman–Crippen MR) is 76.4 cm³/mol. The Morgan fingerprint density at radius 1 is 1.26 bits per heavy atom. The lowest BCUT2D eigenvalue weighted by atomic mass is 10.1. The minimum atomic E-state index is -3.73. The summed E-state index contributed by atoms with van der Waals surface area (Å²) in [5.41, 5.74) is 6.98. The summed E-state index contributed by atoms with van der Waals surface area (Å²) in [4.78, 5) is 0.0830. The fourth-order valence-corrected chi connectivity index (χ4v) is 3.29. The molecule has 0 heterocycles. The summed E-state index contributed by atoms with van der Waals surface area (Å²) in [6.45, 7) is 6.76. The third-order valence-electron chi connectivity index (χ3n) is 3.50. The molecule has 6 heteroatoms. The van der Waals surface area contributed by atoms with E-state index in [-0.39, 0.29) is 17.2 Å². The number of rotatable bonds is 4. The van der Waals surface area contributed by atoms with Crippen LogP contribution in [0.3, 0.4) is 0 Å². The normalized spacial score (nSPS) is 13.0. The fourth-order valence-electron chi connectivity index (χ4n) is 1.61. The first-order valence-electron chi connectivity index (χ1n) is 6.00. The Bertz CT molecular complexity index is 580. The van der Waals surface area contributed by atoms with Crippen molar-refractivity contribution in [2.45, 2.75) is 38.1 Å². The average Bonchev–Trinajstić information content (AvgIpc) is 2.32. The van der Waals surface area contributed by atoms with Crippen molar-refractivity contribution >= 4 is 15.7 Å². The lowest BCUT2D eigenvalue weighted by Gasteiger charge is -2.33. The van der Waals surface area contributed by atoms with Gasteiger partial charge in [0.05, 0.1) is 17.8 Å². The van der Waals surface area contributed by atoms with E-state index >= 15 is 0 Å². The van der Waals surface area contributed by atoms with Gasteiger partial charge in [-0.2, -0.15) is 4.31 Å². The molecule has 0 amide bonds. The van der Waals surface area contributed by atoms with E-state index in [0.717, 1.165) is 15.4 Å². The summed E-state index contributed by atoms with van der Waals surface area (Å²) in [7, 11) is -2.29. The first-order valence-corrected chi connectivity index (χ1v) is 7.44. The maximum absolute atomic E-state index is 12.6. The van der Waals surface area contributed by atoms with Crippen molar-refractivity contribution < 1.29 is 13.5 Å². The number of anilines is 1. The number of hydrogen-bond acceptors (Lipinski definition) is 4. The molecule has 0 fully saturated rings. The summed E-state index contributed by atoms with van der Waals surface area (Å²) in [6.07, 6.45) is 0. The van der Waals surface area contributed by atoms with E-state index in [2.05, 4.69) is 0 Å². The summed E-state index contributed by atoms with van der Waals surface area (Å²) in [6, 6.07) is 3.23. The monoisotopic (exact) mass is 286 g/mol. The van der Waals surface area contributed by atoms with Gasteiger partial charge in [0.1, 0.15) is 4.90 Å². The molecule has 0 radical (unpaired) electrons. The number of aryl methyl sites for hydroxylation is 2. The smallest absolute Gasteiger partial charge is 0.245 e. The van der Waals surface area contributed by atoms with E-state index in [1.54, 1.807) is 26.0 Å². The number of aliphatic hydroxyl groups is 1. The van der Waals surface area contributed by atoms with Gasteiger partial charge in [-0.05, 0) is 51.0 Å². The third-order valence-corrected chi connectivity index (χ3v) is 5.63. The van der Waals surface area contributed by atoms with Gasteiger partial charge < -0.3 is 10.8 Å². The number of benzene rings is 1. The zero-order chi connectivity index (χ0) is 15.0. The largest absolute Gasteiger partial charge is 0.398 e. The van der Waals surface area contributed by atoms with Crippen molar-refractivity contribution in [1.29, 1.82) is 0 Å². The molecule has 0 aromatic heterocycles. The van der Waals surface area contributed by atoms with Gasteiger partial charge in [0.25, 0.3) is 0 Å². The molecule has 0 bridgehead atoms. The lowest BCUT2D eigenvalue weighted by Crippen LogP contribution is -2.47. The highest BCUT2D eigenvalue weighted by Gasteiger charge is 2.34. The Labute approximate surface area is 115 Å². The number of hydrogen-bond donors (Lipinski definition) is 2. The van der Waals surface area contributed by atoms with Crippen LogP contribution in [-0.4, -0.2) is 37.0 Å². The molecule has 0 saturated heterocycles. The number of aliphatic hydroxyl groups excluding tert-OH is 1. The molecule has 1 aromatic carbocycles. The Kier molecular flexibility index (Phi) is 4.29. The van der Waals surface area contributed by atoms with Crippen molar-refractivity contribution in [3.05, 3.63) is 23.3 Å². The second kappa shape index (κ2) is 5.11. The summed E-state index contributed by atoms with van der Waals surface area (Å²) >= 11 is 0. The molecule has 0 unspecified atom stereocenters. The van der Waals surface area contributed by atoms with Crippen LogP contribution in [0.25, 0.3) is 0 Å². The molecule has 0 saturated carbocycles. The van der Waals surface area contributed by atoms with Crippen molar-refractivity contribution in [3.63, 3.8) is 0 Å². The number of nitrogens with zero attached hydrogens (tertiary/aromatic N) is 1. The molecule has 5 nitrogen and oxygen atoms in total. The second-order valence-electron chi connectivity index (χ2n) is 5.42. The van der Waals surface area contributed by atoms with Crippen LogP contribution >= 0.6 is 0 Å². The van der Waals surface area contributed by atoms with Crippen LogP contribution in [0.15, 0.2) is 17.0 Å². The molecule has 1 aromatic rings. The SMILES string of the molecule is Cc1cc(N)c(S(=O)(=O)N(C)C(C)(C)CO)cc1C. The maximum Gasteiger partial charge on any atom is 0.245 e. The van der Waals surface area contributed by atoms with E-state index in [1.165, 1.54) is 7.05 Å². The van der Waals surface area contributed by atoms with Crippen molar-refractivity contribution in [1.82, 2.24) is 4.31 Å². The molecule has 108 valence electrons. The van der Waals surface area contributed by atoms with E-state index in [0.29, 0.717) is 0 Å². The third kappa shape index (κ3) is 2.91. The minimum Gasteiger partial charge on any atom is -0.398 e. The van der Waals surface area contributed by atoms with Crippen LogP contribution in [0, 0.1) is 13.8 Å². The van der Waals surface area contributed by atoms with Crippen LogP contribution in [0.5, 0.6) is 0 Å². The van der Waals surface area contributed by atoms with Crippen LogP contribution in [-0.2, 0) is 10.0 Å². The van der Waals surface area contributed by atoms with Crippen molar-refractivity contribution in [2.24, 2.45) is 0 Å². The molecular formula is C13H22N2O3S. The molecule has 0 aliphatic heterocycles. The first-order chi connectivity index (χ1) is 8.54. The summed E-state index contributed by atoms with van der Waals surface area (Å²) in [5.74, 6) is 0. The molecule has 0 spiro atoms. The Morgan fingerprint density at radius 3 is 2.21 bits per heavy atom. The highest BCUT2D eigenvalue weighted by molar-refractivity contribution is 7.89. The first kappa shape index (κ1) is 15.9. The Hall–Kier alpha value is -1.11. The molecule has 3 N–H and O–H groups in total. The summed E-state index contributed by atoms with van der Waals surface area (Å²) in [5, 5.41) is 9.31. The van der Waals surface area contributed by atoms with Gasteiger partial charge in [-0.25, -0.2) is 8.42 Å². The lowest BCUT2D eigenvalue weighted by molar-refractivity contribution is 0.138. The van der Waals surface area contributed by atoms with Gasteiger partial charge in [-0.15, -0.1) is 0 Å². The van der Waals surface area contributed by atoms with Gasteiger partial charge in [0, 0.05) is 7.05 Å². The summed E-state index contributed by atoms with van der Waals surface area (Å²) < 4.78 is 26.3. The van der Waals surface area contributed by atoms with Crippen molar-refractivity contribution in [3.8, 4) is 0 Å². The topological polar surface area (TPSA) is 83.6 Å². The number of nitrogens with two attached hydrogens (primary N) is 1. The van der Waals surface area contributed by atoms with E-state index in [4.69, 9.17) is 5.73 Å². The molecule has 19 heavy (non-hydrogen) atoms. The van der Waals surface area contributed by atoms with Crippen LogP contribution in [0.1, 0.15) is 25.0 Å². The Morgan fingerprint density at radius 2 is 1.74 bits per heavy atom. The Balaban J connectivity index is 3.40. The predicted octanol–water partition coefficient (Wildman–Crippen LogP) is 1.28. The van der Waals surface area contributed by atoms with Gasteiger partial charge >= 0.3 is 0 Å². The minimum absolute atomic E-state index is 0.0830. The molecular weight excluding hydrogens is 264 g/mol. The van der Waals surface area contributed by atoms with Crippen LogP contribution in [0.2, 0.25) is 0 Å². The molecule has 0 aliphatic rings. The van der Waals surface area contributed by atoms with Crippen molar-refractivity contribution in [2.75, 3.05) is 19.4 Å². The zero-order valence-electron chi connectivity index (χ0n) is 12.1. The highest BCUT2D eigenvalue weighted by atomic mass is 32.2. The quantitative estimate of drug-likeness (QED) is 0.817. The van der Waals surface area contributed by atoms with Crippen LogP contribution < -0.4 is 5.73 Å². The van der Waals surface area contributed by atoms with Gasteiger partial charge in [0.15, 0.2) is 0 Å². The maximum atomic E-state index is 12.6. The molecule has 0 aliphatic carbocycles. The van der Waals surface area contributed by atoms with Gasteiger partial charge in [-0.1, -0.05) is 0 Å². The van der Waals surface area contributed by atoms with E-state index < -0.39 is 15.6 Å². The van der Waals surface area contributed by atoms with E-state index in [1.807, 2.05) is 13.8 Å². The van der Waals surface area contributed by atoms with Crippen LogP contribution in [0.4, 0.5) is 5.69 Å². The highest BCUT2D eigenvalue weighted by Crippen LogP contribution is 2.28. The van der Waals surface area contributed by atoms with Gasteiger partial charge in [0.2, 0.25) is 10.0 Å². The van der Waals surface area contributed by atoms with E-state index in [9.17, 15) is 13.5 Å². The van der Waals surface area contributed by atoms with Gasteiger partial charge in [-0.3, -0.25) is 0 Å². The number of nitrogen functional groups attached to an aromatic ring is 1. The number of likely N-dealkylation sites (N-methyl/N-ethyl adjacent to an activating group) is 1. The molecule has 1 rings (SSSR count). The molecule has 0 atom stereocenters. The zero-order valence-corrected chi connectivity index (χ0v) is 12.9.